The molecule has 0 spiro atoms. The zero-order valence-corrected chi connectivity index (χ0v) is 32.5. The van der Waals surface area contributed by atoms with Gasteiger partial charge in [0.2, 0.25) is 10.0 Å². The number of carbonyl (C=O) groups is 2. The van der Waals surface area contributed by atoms with Gasteiger partial charge in [0, 0.05) is 48.5 Å². The number of rotatable bonds is 9. The number of carboxylic acid groups (broad SMARTS) is 2. The predicted molar refractivity (Wildman–Crippen MR) is 216 cm³/mol. The van der Waals surface area contributed by atoms with Crippen LogP contribution in [-0.4, -0.2) is 90.8 Å². The molecule has 13 heteroatoms. The van der Waals surface area contributed by atoms with Gasteiger partial charge in [-0.1, -0.05) is 72.4 Å². The number of nitrogens with zero attached hydrogens (tertiary/aromatic N) is 3. The Labute approximate surface area is 323 Å². The maximum atomic E-state index is 12.6. The molecule has 284 valence electrons. The molecule has 6 aromatic carbocycles. The van der Waals surface area contributed by atoms with Gasteiger partial charge in [-0.15, -0.1) is 0 Å². The molecule has 0 bridgehead atoms. The van der Waals surface area contributed by atoms with Gasteiger partial charge in [0.05, 0.1) is 16.3 Å². The summed E-state index contributed by atoms with van der Waals surface area (Å²) in [6.45, 7) is 2.95. The number of hydrogen-bond acceptors (Lipinski definition) is 9. The lowest BCUT2D eigenvalue weighted by atomic mass is 9.89. The van der Waals surface area contributed by atoms with E-state index in [2.05, 4.69) is 43.0 Å². The minimum atomic E-state index is -3.47. The van der Waals surface area contributed by atoms with Crippen molar-refractivity contribution in [3.63, 3.8) is 0 Å². The van der Waals surface area contributed by atoms with Crippen LogP contribution >= 0.6 is 11.8 Å². The highest BCUT2D eigenvalue weighted by molar-refractivity contribution is 7.99. The molecule has 11 nitrogen and oxygen atoms in total. The minimum Gasteiger partial charge on any atom is -0.507 e. The first-order chi connectivity index (χ1) is 26.1. The maximum Gasteiger partial charge on any atom is 0.339 e. The van der Waals surface area contributed by atoms with Crippen molar-refractivity contribution in [2.75, 3.05) is 39.6 Å². The molecule has 0 saturated carbocycles. The quantitative estimate of drug-likeness (QED) is 0.113. The number of para-hydroxylation sites is 1. The highest BCUT2D eigenvalue weighted by Gasteiger charge is 2.28. The van der Waals surface area contributed by atoms with Crippen molar-refractivity contribution < 1.29 is 38.4 Å². The normalized spacial score (nSPS) is 13.0. The minimum absolute atomic E-state index is 0.0655. The Morgan fingerprint density at radius 1 is 0.727 bits per heavy atom. The molecule has 0 radical (unpaired) electrons. The van der Waals surface area contributed by atoms with Gasteiger partial charge in [0.15, 0.2) is 0 Å². The van der Waals surface area contributed by atoms with Crippen molar-refractivity contribution in [3.8, 4) is 11.5 Å². The summed E-state index contributed by atoms with van der Waals surface area (Å²) >= 11 is 1.69. The number of fused-ring (bicyclic) bond motifs is 4. The molecule has 0 aromatic heterocycles. The lowest BCUT2D eigenvalue weighted by Crippen LogP contribution is -2.37. The van der Waals surface area contributed by atoms with Crippen LogP contribution in [0.3, 0.4) is 0 Å². The van der Waals surface area contributed by atoms with Crippen molar-refractivity contribution in [1.82, 2.24) is 9.21 Å². The number of phenols is 2. The van der Waals surface area contributed by atoms with Gasteiger partial charge in [-0.2, -0.15) is 0 Å². The van der Waals surface area contributed by atoms with E-state index in [0.717, 1.165) is 22.8 Å². The zero-order chi connectivity index (χ0) is 39.8. The number of aromatic hydroxyl groups is 2. The first kappa shape index (κ1) is 39.1. The standard InChI is InChI=1S/C23H16O6.C19H25N3O2S2/c24-19-10-13-6-2-3-7-14(13)16(20(19)23(28)29)11-17-15-8-4-1-5-12(15)9-18(21(17)25)22(26)27;1-14(20(2)3)13-22-16-8-6-7-9-18(16)25-19-11-10-15(12-17(19)22)26(23,24)21(4)5/h1-10,24-25H,11H2,(H,26,27)(H,28,29);6-12,14H,13H2,1-5H3. The van der Waals surface area contributed by atoms with Gasteiger partial charge in [-0.3, -0.25) is 0 Å². The van der Waals surface area contributed by atoms with E-state index in [1.54, 1.807) is 86.5 Å². The Morgan fingerprint density at radius 2 is 1.31 bits per heavy atom. The van der Waals surface area contributed by atoms with Gasteiger partial charge in [0.1, 0.15) is 22.6 Å². The van der Waals surface area contributed by atoms with Crippen LogP contribution in [-0.2, 0) is 16.4 Å². The van der Waals surface area contributed by atoms with E-state index in [-0.39, 0.29) is 23.3 Å². The SMILES string of the molecule is CC(CN1c2ccccc2Sc2ccc(S(=O)(=O)N(C)C)cc21)N(C)C.O=C(O)c1cc2ccccc2c(Cc2c(C(=O)O)c(O)cc3ccccc23)c1O. The Bertz CT molecular complexity index is 2570. The third-order valence-corrected chi connectivity index (χ3v) is 12.7. The number of aromatic carboxylic acids is 2. The molecule has 7 rings (SSSR count). The second-order valence-corrected chi connectivity index (χ2v) is 16.9. The van der Waals surface area contributed by atoms with E-state index in [0.29, 0.717) is 43.6 Å². The van der Waals surface area contributed by atoms with Crippen LogP contribution in [0.25, 0.3) is 21.5 Å². The molecule has 0 saturated heterocycles. The smallest absolute Gasteiger partial charge is 0.339 e. The molecule has 0 amide bonds. The number of hydrogen-bond donors (Lipinski definition) is 4. The maximum absolute atomic E-state index is 12.6. The Kier molecular flexibility index (Phi) is 11.1. The monoisotopic (exact) mass is 779 g/mol. The van der Waals surface area contributed by atoms with E-state index in [9.17, 15) is 38.4 Å². The van der Waals surface area contributed by atoms with E-state index >= 15 is 0 Å². The lowest BCUT2D eigenvalue weighted by Gasteiger charge is -2.36. The van der Waals surface area contributed by atoms with Gasteiger partial charge in [0.25, 0.3) is 0 Å². The number of anilines is 2. The van der Waals surface area contributed by atoms with Crippen molar-refractivity contribution in [1.29, 1.82) is 0 Å². The molecule has 4 N–H and O–H groups in total. The Hall–Kier alpha value is -5.60. The summed E-state index contributed by atoms with van der Waals surface area (Å²) in [5, 5.41) is 42.7. The van der Waals surface area contributed by atoms with Crippen LogP contribution in [0, 0.1) is 0 Å². The fourth-order valence-corrected chi connectivity index (χ4v) is 8.56. The van der Waals surface area contributed by atoms with E-state index in [1.807, 2.05) is 18.2 Å². The largest absolute Gasteiger partial charge is 0.507 e. The second kappa shape index (κ2) is 15.6. The lowest BCUT2D eigenvalue weighted by molar-refractivity contribution is 0.0681. The summed E-state index contributed by atoms with van der Waals surface area (Å²) in [7, 11) is 3.77. The first-order valence-electron chi connectivity index (χ1n) is 17.3. The summed E-state index contributed by atoms with van der Waals surface area (Å²) in [4.78, 5) is 30.5. The van der Waals surface area contributed by atoms with Gasteiger partial charge < -0.3 is 30.2 Å². The van der Waals surface area contributed by atoms with Crippen LogP contribution in [0.15, 0.2) is 118 Å². The number of carboxylic acids is 2. The molecule has 1 aliphatic rings. The average Bonchev–Trinajstić information content (AvgIpc) is 3.15. The topological polar surface area (TPSA) is 159 Å². The number of benzene rings is 6. The average molecular weight is 780 g/mol. The fraction of sp³-hybridized carbons (Fsp3) is 0.190. The molecular formula is C42H41N3O8S2. The second-order valence-electron chi connectivity index (χ2n) is 13.6. The third-order valence-electron chi connectivity index (χ3n) is 9.76. The van der Waals surface area contributed by atoms with Crippen LogP contribution in [0.1, 0.15) is 38.8 Å². The van der Waals surface area contributed by atoms with E-state index in [1.165, 1.54) is 21.3 Å². The number of sulfonamides is 1. The summed E-state index contributed by atoms with van der Waals surface area (Å²) in [5.74, 6) is -3.39. The third kappa shape index (κ3) is 7.69. The number of likely N-dealkylation sites (N-methyl/N-ethyl adjacent to an activating group) is 1. The first-order valence-corrected chi connectivity index (χ1v) is 19.6. The van der Waals surface area contributed by atoms with Crippen molar-refractivity contribution in [3.05, 3.63) is 125 Å². The fourth-order valence-electron chi connectivity index (χ4n) is 6.56. The van der Waals surface area contributed by atoms with Crippen LogP contribution < -0.4 is 4.90 Å². The summed E-state index contributed by atoms with van der Waals surface area (Å²) in [5.41, 5.74) is 2.13. The van der Waals surface area contributed by atoms with Crippen molar-refractivity contribution in [2.24, 2.45) is 0 Å². The van der Waals surface area contributed by atoms with Gasteiger partial charge >= 0.3 is 11.9 Å². The van der Waals surface area contributed by atoms with Crippen molar-refractivity contribution in [2.45, 2.75) is 34.1 Å². The zero-order valence-electron chi connectivity index (χ0n) is 30.9. The van der Waals surface area contributed by atoms with Gasteiger partial charge in [-0.25, -0.2) is 22.3 Å². The highest BCUT2D eigenvalue weighted by atomic mass is 32.2. The van der Waals surface area contributed by atoms with Crippen LogP contribution in [0.5, 0.6) is 11.5 Å². The summed E-state index contributed by atoms with van der Waals surface area (Å²) in [6, 6.07) is 30.7. The molecule has 0 aliphatic carbocycles. The van der Waals surface area contributed by atoms with Crippen LogP contribution in [0.2, 0.25) is 0 Å². The molecule has 1 unspecified atom stereocenters. The molecule has 6 aromatic rings. The highest BCUT2D eigenvalue weighted by Crippen LogP contribution is 2.49. The summed E-state index contributed by atoms with van der Waals surface area (Å²) in [6.07, 6.45) is -0.0655. The molecular weight excluding hydrogens is 739 g/mol. The molecule has 1 heterocycles. The molecule has 1 atom stereocenters. The predicted octanol–water partition coefficient (Wildman–Crippen LogP) is 7.88. The molecule has 0 fully saturated rings. The van der Waals surface area contributed by atoms with Gasteiger partial charge in [-0.05, 0) is 90.6 Å². The Morgan fingerprint density at radius 3 is 1.93 bits per heavy atom. The molecule has 55 heavy (non-hydrogen) atoms. The van der Waals surface area contributed by atoms with Crippen LogP contribution in [0.4, 0.5) is 11.4 Å². The summed E-state index contributed by atoms with van der Waals surface area (Å²) < 4.78 is 26.4. The van der Waals surface area contributed by atoms with E-state index < -0.39 is 27.7 Å². The van der Waals surface area contributed by atoms with Crippen molar-refractivity contribution >= 4 is 66.6 Å². The van der Waals surface area contributed by atoms with E-state index in [4.69, 9.17) is 0 Å². The Balaban J connectivity index is 0.000000188. The molecule has 1 aliphatic heterocycles.